The minimum absolute atomic E-state index is 0.0706. The summed E-state index contributed by atoms with van der Waals surface area (Å²) in [5.41, 5.74) is 4.20. The molecule has 2 aromatic heterocycles. The zero-order valence-electron chi connectivity index (χ0n) is 18.7. The van der Waals surface area contributed by atoms with E-state index in [0.717, 1.165) is 61.1 Å². The molecule has 5 nitrogen and oxygen atoms in total. The molecule has 0 aliphatic heterocycles. The number of fused-ring (bicyclic) bond motifs is 1. The number of nitrogens with one attached hydrogen (secondary N) is 1. The van der Waals surface area contributed by atoms with E-state index < -0.39 is 6.04 Å². The molecule has 3 aromatic rings. The van der Waals surface area contributed by atoms with E-state index in [2.05, 4.69) is 22.4 Å². The molecular weight excluding hydrogens is 430 g/mol. The molecule has 2 aliphatic carbocycles. The van der Waals surface area contributed by atoms with Gasteiger partial charge >= 0.3 is 0 Å². The van der Waals surface area contributed by atoms with E-state index in [9.17, 15) is 9.59 Å². The predicted octanol–water partition coefficient (Wildman–Crippen LogP) is 5.01. The molecule has 1 fully saturated rings. The van der Waals surface area contributed by atoms with Crippen LogP contribution in [-0.2, 0) is 28.9 Å². The quantitative estimate of drug-likeness (QED) is 0.540. The van der Waals surface area contributed by atoms with Gasteiger partial charge < -0.3 is 5.32 Å². The Morgan fingerprint density at radius 1 is 1.03 bits per heavy atom. The second-order valence-electron chi connectivity index (χ2n) is 9.00. The second-order valence-corrected chi connectivity index (χ2v) is 10.0. The van der Waals surface area contributed by atoms with Crippen molar-refractivity contribution in [3.8, 4) is 0 Å². The number of amides is 2. The Balaban J connectivity index is 1.55. The fourth-order valence-electron chi connectivity index (χ4n) is 5.11. The summed E-state index contributed by atoms with van der Waals surface area (Å²) in [6.45, 7) is 0. The highest BCUT2D eigenvalue weighted by molar-refractivity contribution is 7.10. The lowest BCUT2D eigenvalue weighted by Crippen LogP contribution is -2.46. The van der Waals surface area contributed by atoms with Gasteiger partial charge in [-0.3, -0.25) is 19.5 Å². The summed E-state index contributed by atoms with van der Waals surface area (Å²) in [4.78, 5) is 34.4. The number of anilines is 1. The Morgan fingerprint density at radius 3 is 2.58 bits per heavy atom. The molecule has 33 heavy (non-hydrogen) atoms. The third-order valence-electron chi connectivity index (χ3n) is 6.76. The highest BCUT2D eigenvalue weighted by atomic mass is 32.1. The van der Waals surface area contributed by atoms with E-state index in [1.54, 1.807) is 28.6 Å². The number of thiophene rings is 1. The minimum Gasteiger partial charge on any atom is -0.351 e. The lowest BCUT2D eigenvalue weighted by atomic mass is 10.0. The number of pyridine rings is 1. The van der Waals surface area contributed by atoms with Crippen LogP contribution in [-0.4, -0.2) is 22.8 Å². The maximum absolute atomic E-state index is 13.8. The molecule has 1 aromatic carbocycles. The van der Waals surface area contributed by atoms with Crippen LogP contribution in [0.15, 0.2) is 60.2 Å². The summed E-state index contributed by atoms with van der Waals surface area (Å²) in [5.74, 6) is -0.188. The van der Waals surface area contributed by atoms with Gasteiger partial charge in [0.25, 0.3) is 0 Å². The zero-order chi connectivity index (χ0) is 22.6. The molecule has 2 aliphatic rings. The fraction of sp³-hybridized carbons (Fsp3) is 0.370. The molecule has 1 atom stereocenters. The van der Waals surface area contributed by atoms with Crippen molar-refractivity contribution in [2.45, 2.75) is 63.5 Å². The molecule has 2 amide bonds. The van der Waals surface area contributed by atoms with E-state index in [1.807, 2.05) is 35.7 Å². The van der Waals surface area contributed by atoms with Crippen molar-refractivity contribution in [1.82, 2.24) is 10.3 Å². The Bertz CT molecular complexity index is 1110. The van der Waals surface area contributed by atoms with Gasteiger partial charge in [-0.25, -0.2) is 0 Å². The number of carbonyl (C=O) groups excluding carboxylic acids is 2. The maximum Gasteiger partial charge on any atom is 0.248 e. The molecule has 6 heteroatoms. The molecule has 0 radical (unpaired) electrons. The molecule has 0 unspecified atom stereocenters. The van der Waals surface area contributed by atoms with Crippen LogP contribution in [0.2, 0.25) is 0 Å². The molecule has 5 rings (SSSR count). The van der Waals surface area contributed by atoms with Gasteiger partial charge in [-0.2, -0.15) is 0 Å². The van der Waals surface area contributed by atoms with Gasteiger partial charge in [0.15, 0.2) is 0 Å². The van der Waals surface area contributed by atoms with Crippen molar-refractivity contribution in [2.75, 3.05) is 4.90 Å². The first-order valence-electron chi connectivity index (χ1n) is 11.9. The maximum atomic E-state index is 13.8. The molecule has 0 spiro atoms. The Kier molecular flexibility index (Phi) is 6.53. The van der Waals surface area contributed by atoms with Crippen molar-refractivity contribution in [1.29, 1.82) is 0 Å². The van der Waals surface area contributed by atoms with Gasteiger partial charge in [-0.15, -0.1) is 11.3 Å². The summed E-state index contributed by atoms with van der Waals surface area (Å²) in [7, 11) is 0. The summed E-state index contributed by atoms with van der Waals surface area (Å²) in [6.07, 6.45) is 11.1. The van der Waals surface area contributed by atoms with Gasteiger partial charge in [-0.1, -0.05) is 25.0 Å². The van der Waals surface area contributed by atoms with Gasteiger partial charge in [0.1, 0.15) is 6.04 Å². The number of benzene rings is 1. The summed E-state index contributed by atoms with van der Waals surface area (Å²) >= 11 is 1.57. The first-order chi connectivity index (χ1) is 16.2. The van der Waals surface area contributed by atoms with Crippen LogP contribution in [0.4, 0.5) is 5.69 Å². The second kappa shape index (κ2) is 9.87. The minimum atomic E-state index is -0.736. The van der Waals surface area contributed by atoms with E-state index >= 15 is 0 Å². The van der Waals surface area contributed by atoms with Gasteiger partial charge in [0, 0.05) is 29.0 Å². The van der Waals surface area contributed by atoms with Crippen molar-refractivity contribution in [2.24, 2.45) is 0 Å². The highest BCUT2D eigenvalue weighted by Crippen LogP contribution is 2.33. The van der Waals surface area contributed by atoms with Crippen LogP contribution < -0.4 is 10.2 Å². The van der Waals surface area contributed by atoms with Crippen LogP contribution in [0.25, 0.3) is 0 Å². The SMILES string of the molecule is O=C(NC1CCCC1)[C@@H](c1ccncc1)N(C(=O)Cc1cccs1)c1ccc2c(c1)CCC2. The van der Waals surface area contributed by atoms with Crippen LogP contribution in [0, 0.1) is 0 Å². The number of nitrogens with zero attached hydrogens (tertiary/aromatic N) is 2. The zero-order valence-corrected chi connectivity index (χ0v) is 19.5. The van der Waals surface area contributed by atoms with Gasteiger partial charge in [-0.05, 0) is 84.5 Å². The third kappa shape index (κ3) is 4.86. The molecule has 2 heterocycles. The van der Waals surface area contributed by atoms with Crippen molar-refractivity contribution in [3.05, 3.63) is 81.8 Å². The summed E-state index contributed by atoms with van der Waals surface area (Å²) in [5, 5.41) is 5.22. The van der Waals surface area contributed by atoms with E-state index in [1.165, 1.54) is 11.1 Å². The Labute approximate surface area is 198 Å². The normalized spacial score (nSPS) is 16.4. The standard InChI is InChI=1S/C27H29N3O2S/c31-25(18-24-9-4-16-33-24)30(23-11-10-19-5-3-6-21(19)17-23)26(20-12-14-28-15-13-20)27(32)29-22-7-1-2-8-22/h4,9-17,22,26H,1-3,5-8,18H2,(H,29,32)/t26-/m1/s1. The number of hydrogen-bond acceptors (Lipinski definition) is 4. The molecule has 170 valence electrons. The number of carbonyl (C=O) groups is 2. The molecule has 0 bridgehead atoms. The van der Waals surface area contributed by atoms with E-state index in [4.69, 9.17) is 0 Å². The largest absolute Gasteiger partial charge is 0.351 e. The number of aryl methyl sites for hydroxylation is 2. The molecule has 1 N–H and O–H groups in total. The predicted molar refractivity (Wildman–Crippen MR) is 131 cm³/mol. The average Bonchev–Trinajstić information content (AvgIpc) is 3.60. The molecular formula is C27H29N3O2S. The topological polar surface area (TPSA) is 62.3 Å². The van der Waals surface area contributed by atoms with Crippen molar-refractivity contribution in [3.63, 3.8) is 0 Å². The van der Waals surface area contributed by atoms with Gasteiger partial charge in [0.05, 0.1) is 6.42 Å². The first kappa shape index (κ1) is 21.8. The van der Waals surface area contributed by atoms with Crippen molar-refractivity contribution >= 4 is 28.8 Å². The number of rotatable bonds is 7. The lowest BCUT2D eigenvalue weighted by Gasteiger charge is -2.32. The van der Waals surface area contributed by atoms with Crippen LogP contribution >= 0.6 is 11.3 Å². The van der Waals surface area contributed by atoms with Gasteiger partial charge in [0.2, 0.25) is 11.8 Å². The summed E-state index contributed by atoms with van der Waals surface area (Å²) in [6, 6.07) is 13.3. The average molecular weight is 460 g/mol. The molecule has 1 saturated carbocycles. The Morgan fingerprint density at radius 2 is 1.82 bits per heavy atom. The highest BCUT2D eigenvalue weighted by Gasteiger charge is 2.34. The number of hydrogen-bond donors (Lipinski definition) is 1. The smallest absolute Gasteiger partial charge is 0.248 e. The lowest BCUT2D eigenvalue weighted by molar-refractivity contribution is -0.127. The van der Waals surface area contributed by atoms with Crippen molar-refractivity contribution < 1.29 is 9.59 Å². The van der Waals surface area contributed by atoms with E-state index in [-0.39, 0.29) is 24.3 Å². The van der Waals surface area contributed by atoms with Crippen LogP contribution in [0.1, 0.15) is 59.7 Å². The monoisotopic (exact) mass is 459 g/mol. The number of aromatic nitrogens is 1. The Hall–Kier alpha value is -2.99. The van der Waals surface area contributed by atoms with Crippen LogP contribution in [0.3, 0.4) is 0 Å². The third-order valence-corrected chi connectivity index (χ3v) is 7.64. The summed E-state index contributed by atoms with van der Waals surface area (Å²) < 4.78 is 0. The fourth-order valence-corrected chi connectivity index (χ4v) is 5.80. The van der Waals surface area contributed by atoms with E-state index in [0.29, 0.717) is 0 Å². The van der Waals surface area contributed by atoms with Crippen LogP contribution in [0.5, 0.6) is 0 Å². The first-order valence-corrected chi connectivity index (χ1v) is 12.7. The molecule has 0 saturated heterocycles.